The lowest BCUT2D eigenvalue weighted by Crippen LogP contribution is -2.33. The van der Waals surface area contributed by atoms with Gasteiger partial charge in [0.1, 0.15) is 12.4 Å². The predicted molar refractivity (Wildman–Crippen MR) is 117 cm³/mol. The maximum Gasteiger partial charge on any atom is 0.232 e. The maximum absolute atomic E-state index is 12.2. The minimum absolute atomic E-state index is 0.119. The molecule has 0 unspecified atom stereocenters. The Kier molecular flexibility index (Phi) is 8.08. The summed E-state index contributed by atoms with van der Waals surface area (Å²) in [5, 5.41) is 2.81. The fourth-order valence-electron chi connectivity index (χ4n) is 2.92. The summed E-state index contributed by atoms with van der Waals surface area (Å²) < 4.78 is 31.4. The van der Waals surface area contributed by atoms with Crippen LogP contribution in [0.15, 0.2) is 42.5 Å². The zero-order valence-electron chi connectivity index (χ0n) is 17.6. The molecule has 0 bridgehead atoms. The fraction of sp³-hybridized carbons (Fsp3) is 0.409. The summed E-state index contributed by atoms with van der Waals surface area (Å²) >= 11 is 0. The van der Waals surface area contributed by atoms with Crippen molar-refractivity contribution in [3.63, 3.8) is 0 Å². The Balaban J connectivity index is 1.79. The number of benzene rings is 2. The second-order valence-electron chi connectivity index (χ2n) is 7.24. The Bertz CT molecular complexity index is 924. The number of sulfonamides is 1. The van der Waals surface area contributed by atoms with Gasteiger partial charge in [0.25, 0.3) is 0 Å². The van der Waals surface area contributed by atoms with Crippen molar-refractivity contribution in [1.29, 1.82) is 0 Å². The molecule has 29 heavy (non-hydrogen) atoms. The molecule has 0 atom stereocenters. The number of aryl methyl sites for hydroxylation is 3. The van der Waals surface area contributed by atoms with E-state index >= 15 is 0 Å². The lowest BCUT2D eigenvalue weighted by molar-refractivity contribution is -0.121. The molecule has 0 aromatic heterocycles. The van der Waals surface area contributed by atoms with Crippen LogP contribution in [-0.2, 0) is 14.8 Å². The van der Waals surface area contributed by atoms with Gasteiger partial charge in [0, 0.05) is 13.0 Å². The summed E-state index contributed by atoms with van der Waals surface area (Å²) in [5.74, 6) is 0.647. The van der Waals surface area contributed by atoms with E-state index in [2.05, 4.69) is 5.32 Å². The highest BCUT2D eigenvalue weighted by atomic mass is 32.2. The Morgan fingerprint density at radius 1 is 1.03 bits per heavy atom. The monoisotopic (exact) mass is 418 g/mol. The van der Waals surface area contributed by atoms with Crippen LogP contribution in [0.25, 0.3) is 0 Å². The molecule has 0 radical (unpaired) electrons. The lowest BCUT2D eigenvalue weighted by Gasteiger charge is -2.24. The summed E-state index contributed by atoms with van der Waals surface area (Å²) in [6, 6.07) is 13.4. The molecule has 0 heterocycles. The van der Waals surface area contributed by atoms with Crippen LogP contribution in [0.1, 0.15) is 29.5 Å². The van der Waals surface area contributed by atoms with Crippen molar-refractivity contribution in [3.8, 4) is 5.75 Å². The van der Waals surface area contributed by atoms with Crippen molar-refractivity contribution < 1.29 is 17.9 Å². The number of nitrogens with zero attached hydrogens (tertiary/aromatic N) is 1. The molecule has 1 amide bonds. The first-order chi connectivity index (χ1) is 13.7. The Morgan fingerprint density at radius 3 is 2.34 bits per heavy atom. The minimum atomic E-state index is -3.43. The molecule has 0 saturated heterocycles. The number of amides is 1. The molecule has 0 saturated carbocycles. The average Bonchev–Trinajstić information content (AvgIpc) is 2.65. The number of anilines is 1. The third kappa shape index (κ3) is 7.42. The minimum Gasteiger partial charge on any atom is -0.492 e. The molecular formula is C22H30N2O4S. The van der Waals surface area contributed by atoms with Gasteiger partial charge in [-0.05, 0) is 56.5 Å². The molecule has 0 aliphatic heterocycles. The Labute approximate surface area is 173 Å². The summed E-state index contributed by atoms with van der Waals surface area (Å²) in [5.41, 5.74) is 3.71. The van der Waals surface area contributed by atoms with E-state index in [9.17, 15) is 13.2 Å². The number of rotatable bonds is 10. The van der Waals surface area contributed by atoms with Crippen LogP contribution in [0.5, 0.6) is 5.75 Å². The van der Waals surface area contributed by atoms with Crippen molar-refractivity contribution in [2.75, 3.05) is 30.3 Å². The van der Waals surface area contributed by atoms with Crippen LogP contribution in [0, 0.1) is 20.8 Å². The number of hydrogen-bond donors (Lipinski definition) is 1. The van der Waals surface area contributed by atoms with Crippen LogP contribution >= 0.6 is 0 Å². The topological polar surface area (TPSA) is 75.7 Å². The number of nitrogens with one attached hydrogen (secondary N) is 1. The van der Waals surface area contributed by atoms with Gasteiger partial charge in [0.15, 0.2) is 0 Å². The summed E-state index contributed by atoms with van der Waals surface area (Å²) in [4.78, 5) is 12.1. The zero-order chi connectivity index (χ0) is 21.4. The Morgan fingerprint density at radius 2 is 1.69 bits per heavy atom. The van der Waals surface area contributed by atoms with Crippen LogP contribution < -0.4 is 14.4 Å². The van der Waals surface area contributed by atoms with E-state index in [-0.39, 0.29) is 18.9 Å². The summed E-state index contributed by atoms with van der Waals surface area (Å²) in [7, 11) is -3.43. The van der Waals surface area contributed by atoms with Gasteiger partial charge in [0.2, 0.25) is 15.9 Å². The first kappa shape index (κ1) is 22.7. The molecule has 0 spiro atoms. The molecular weight excluding hydrogens is 388 g/mol. The number of carbonyl (C=O) groups excluding carboxylic acids is 1. The number of ether oxygens (including phenoxy) is 1. The predicted octanol–water partition coefficient (Wildman–Crippen LogP) is 3.35. The van der Waals surface area contributed by atoms with Crippen molar-refractivity contribution in [2.45, 2.75) is 33.6 Å². The fourth-order valence-corrected chi connectivity index (χ4v) is 3.93. The first-order valence-electron chi connectivity index (χ1n) is 9.68. The molecule has 2 rings (SSSR count). The normalized spacial score (nSPS) is 11.2. The molecule has 6 nitrogen and oxygen atoms in total. The van der Waals surface area contributed by atoms with Gasteiger partial charge in [-0.2, -0.15) is 0 Å². The van der Waals surface area contributed by atoms with E-state index in [1.54, 1.807) is 0 Å². The van der Waals surface area contributed by atoms with E-state index in [1.807, 2.05) is 63.2 Å². The smallest absolute Gasteiger partial charge is 0.232 e. The van der Waals surface area contributed by atoms with Crippen LogP contribution in [0.3, 0.4) is 0 Å². The van der Waals surface area contributed by atoms with E-state index in [0.29, 0.717) is 25.3 Å². The van der Waals surface area contributed by atoms with Crippen LogP contribution in [0.4, 0.5) is 5.69 Å². The van der Waals surface area contributed by atoms with E-state index in [4.69, 9.17) is 4.74 Å². The van der Waals surface area contributed by atoms with Crippen molar-refractivity contribution >= 4 is 21.6 Å². The first-order valence-corrected chi connectivity index (χ1v) is 11.5. The molecule has 1 N–H and O–H groups in total. The highest BCUT2D eigenvalue weighted by Gasteiger charge is 2.19. The Hall–Kier alpha value is -2.54. The SMILES string of the molecule is Cc1ccc(OCCNC(=O)CCCN(c2cc(C)ccc2C)S(C)(=O)=O)cc1. The van der Waals surface area contributed by atoms with E-state index in [1.165, 1.54) is 10.6 Å². The van der Waals surface area contributed by atoms with E-state index in [0.717, 1.165) is 22.4 Å². The van der Waals surface area contributed by atoms with Crippen molar-refractivity contribution in [3.05, 3.63) is 59.2 Å². The van der Waals surface area contributed by atoms with Gasteiger partial charge >= 0.3 is 0 Å². The van der Waals surface area contributed by atoms with Crippen molar-refractivity contribution in [2.24, 2.45) is 0 Å². The van der Waals surface area contributed by atoms with Crippen LogP contribution in [0.2, 0.25) is 0 Å². The quantitative estimate of drug-likeness (QED) is 0.601. The van der Waals surface area contributed by atoms with Gasteiger partial charge in [-0.1, -0.05) is 29.8 Å². The second-order valence-corrected chi connectivity index (χ2v) is 9.15. The zero-order valence-corrected chi connectivity index (χ0v) is 18.4. The highest BCUT2D eigenvalue weighted by molar-refractivity contribution is 7.92. The number of carbonyl (C=O) groups is 1. The van der Waals surface area contributed by atoms with Crippen LogP contribution in [-0.4, -0.2) is 40.3 Å². The second kappa shape index (κ2) is 10.3. The lowest BCUT2D eigenvalue weighted by atomic mass is 10.1. The molecule has 0 aliphatic rings. The largest absolute Gasteiger partial charge is 0.492 e. The van der Waals surface area contributed by atoms with Gasteiger partial charge in [0.05, 0.1) is 18.5 Å². The molecule has 158 valence electrons. The average molecular weight is 419 g/mol. The van der Waals surface area contributed by atoms with Gasteiger partial charge in [-0.25, -0.2) is 8.42 Å². The third-order valence-electron chi connectivity index (χ3n) is 4.51. The van der Waals surface area contributed by atoms with Gasteiger partial charge in [-0.3, -0.25) is 9.10 Å². The molecule has 2 aromatic rings. The van der Waals surface area contributed by atoms with Gasteiger partial charge < -0.3 is 10.1 Å². The molecule has 0 fully saturated rings. The van der Waals surface area contributed by atoms with Gasteiger partial charge in [-0.15, -0.1) is 0 Å². The third-order valence-corrected chi connectivity index (χ3v) is 5.69. The highest BCUT2D eigenvalue weighted by Crippen LogP contribution is 2.24. The van der Waals surface area contributed by atoms with Crippen molar-refractivity contribution in [1.82, 2.24) is 5.32 Å². The summed E-state index contributed by atoms with van der Waals surface area (Å²) in [6.45, 7) is 6.86. The standard InChI is InChI=1S/C22H30N2O4S/c1-17-8-11-20(12-9-17)28-15-13-23-22(25)6-5-14-24(29(4,26)27)21-16-18(2)7-10-19(21)3/h7-12,16H,5-6,13-15H2,1-4H3,(H,23,25). The summed E-state index contributed by atoms with van der Waals surface area (Å²) in [6.07, 6.45) is 1.88. The number of hydrogen-bond acceptors (Lipinski definition) is 4. The molecule has 2 aromatic carbocycles. The molecule has 7 heteroatoms. The molecule has 0 aliphatic carbocycles. The van der Waals surface area contributed by atoms with E-state index < -0.39 is 10.0 Å². The maximum atomic E-state index is 12.2.